The van der Waals surface area contributed by atoms with Crippen LogP contribution >= 0.6 is 11.3 Å². The summed E-state index contributed by atoms with van der Waals surface area (Å²) >= 11 is 1.69. The minimum Gasteiger partial charge on any atom is -0.385 e. The highest BCUT2D eigenvalue weighted by Gasteiger charge is 2.04. The van der Waals surface area contributed by atoms with E-state index in [1.54, 1.807) is 11.3 Å². The Bertz CT molecular complexity index is 676. The Hall–Kier alpha value is -1.87. The third kappa shape index (κ3) is 2.99. The van der Waals surface area contributed by atoms with Crippen LogP contribution in [0.5, 0.6) is 0 Å². The van der Waals surface area contributed by atoms with E-state index in [-0.39, 0.29) is 0 Å². The lowest BCUT2D eigenvalue weighted by Crippen LogP contribution is -2.05. The molecule has 0 saturated heterocycles. The summed E-state index contributed by atoms with van der Waals surface area (Å²) in [5.41, 5.74) is 5.57. The molecule has 0 aliphatic rings. The SMILES string of the molecule is CC(CCNc1ccc2ncsc2c1)c1ccccc1. The molecule has 3 rings (SSSR count). The van der Waals surface area contributed by atoms with E-state index >= 15 is 0 Å². The Balaban J connectivity index is 1.57. The van der Waals surface area contributed by atoms with Gasteiger partial charge in [-0.1, -0.05) is 37.3 Å². The topological polar surface area (TPSA) is 24.9 Å². The van der Waals surface area contributed by atoms with Gasteiger partial charge >= 0.3 is 0 Å². The van der Waals surface area contributed by atoms with E-state index in [0.29, 0.717) is 5.92 Å². The fourth-order valence-corrected chi connectivity index (χ4v) is 3.06. The summed E-state index contributed by atoms with van der Waals surface area (Å²) in [6, 6.07) is 17.1. The molecule has 0 saturated carbocycles. The lowest BCUT2D eigenvalue weighted by Gasteiger charge is -2.13. The second kappa shape index (κ2) is 6.06. The summed E-state index contributed by atoms with van der Waals surface area (Å²) in [5.74, 6) is 0.579. The van der Waals surface area contributed by atoms with Crippen LogP contribution in [0.3, 0.4) is 0 Å². The van der Waals surface area contributed by atoms with Gasteiger partial charge in [-0.25, -0.2) is 4.98 Å². The van der Waals surface area contributed by atoms with Gasteiger partial charge in [-0.15, -0.1) is 11.3 Å². The molecule has 0 fully saturated rings. The standard InChI is InChI=1S/C17H18N2S/c1-13(14-5-3-2-4-6-14)9-10-18-15-7-8-16-17(11-15)20-12-19-16/h2-8,11-13,18H,9-10H2,1H3. The van der Waals surface area contributed by atoms with E-state index < -0.39 is 0 Å². The molecular weight excluding hydrogens is 264 g/mol. The Morgan fingerprint density at radius 2 is 2.00 bits per heavy atom. The molecule has 20 heavy (non-hydrogen) atoms. The first-order valence-electron chi connectivity index (χ1n) is 6.95. The van der Waals surface area contributed by atoms with Crippen LogP contribution in [0.1, 0.15) is 24.8 Å². The zero-order valence-corrected chi connectivity index (χ0v) is 12.4. The summed E-state index contributed by atoms with van der Waals surface area (Å²) in [6.07, 6.45) is 1.13. The molecule has 0 amide bonds. The molecule has 0 aliphatic heterocycles. The van der Waals surface area contributed by atoms with Gasteiger partial charge in [-0.05, 0) is 36.1 Å². The van der Waals surface area contributed by atoms with Crippen LogP contribution in [0, 0.1) is 0 Å². The van der Waals surface area contributed by atoms with Gasteiger partial charge in [0.2, 0.25) is 0 Å². The molecule has 1 N–H and O–H groups in total. The van der Waals surface area contributed by atoms with E-state index in [9.17, 15) is 0 Å². The van der Waals surface area contributed by atoms with Gasteiger partial charge < -0.3 is 5.32 Å². The summed E-state index contributed by atoms with van der Waals surface area (Å²) in [5, 5.41) is 3.51. The predicted molar refractivity (Wildman–Crippen MR) is 87.6 cm³/mol. The van der Waals surface area contributed by atoms with Crippen LogP contribution in [0.15, 0.2) is 54.0 Å². The smallest absolute Gasteiger partial charge is 0.0813 e. The van der Waals surface area contributed by atoms with E-state index in [1.807, 2.05) is 5.51 Å². The molecule has 0 bridgehead atoms. The quantitative estimate of drug-likeness (QED) is 0.719. The molecule has 3 heteroatoms. The Kier molecular flexibility index (Phi) is 3.97. The highest BCUT2D eigenvalue weighted by molar-refractivity contribution is 7.16. The summed E-state index contributed by atoms with van der Waals surface area (Å²) in [6.45, 7) is 3.27. The summed E-state index contributed by atoms with van der Waals surface area (Å²) < 4.78 is 1.24. The third-order valence-electron chi connectivity index (χ3n) is 3.61. The minimum absolute atomic E-state index is 0.579. The summed E-state index contributed by atoms with van der Waals surface area (Å²) in [4.78, 5) is 4.30. The van der Waals surface area contributed by atoms with Crippen molar-refractivity contribution in [3.63, 3.8) is 0 Å². The highest BCUT2D eigenvalue weighted by Crippen LogP contribution is 2.23. The maximum atomic E-state index is 4.30. The number of fused-ring (bicyclic) bond motifs is 1. The minimum atomic E-state index is 0.579. The van der Waals surface area contributed by atoms with Gasteiger partial charge in [0.15, 0.2) is 0 Å². The molecule has 2 nitrogen and oxygen atoms in total. The number of anilines is 1. The van der Waals surface area contributed by atoms with E-state index in [1.165, 1.54) is 16.0 Å². The largest absolute Gasteiger partial charge is 0.385 e. The molecule has 3 aromatic rings. The average Bonchev–Trinajstić information content (AvgIpc) is 2.95. The summed E-state index contributed by atoms with van der Waals surface area (Å²) in [7, 11) is 0. The molecule has 2 aromatic carbocycles. The molecule has 1 atom stereocenters. The van der Waals surface area contributed by atoms with Gasteiger partial charge in [0.1, 0.15) is 0 Å². The van der Waals surface area contributed by atoms with Crippen molar-refractivity contribution in [1.29, 1.82) is 0 Å². The van der Waals surface area contributed by atoms with Crippen molar-refractivity contribution in [3.05, 3.63) is 59.6 Å². The molecule has 1 aromatic heterocycles. The first-order valence-corrected chi connectivity index (χ1v) is 7.83. The van der Waals surface area contributed by atoms with Crippen LogP contribution < -0.4 is 5.32 Å². The highest BCUT2D eigenvalue weighted by atomic mass is 32.1. The van der Waals surface area contributed by atoms with Crippen LogP contribution in [-0.2, 0) is 0 Å². The van der Waals surface area contributed by atoms with Gasteiger partial charge in [0, 0.05) is 12.2 Å². The number of thiazole rings is 1. The molecule has 0 aliphatic carbocycles. The van der Waals surface area contributed by atoms with Crippen molar-refractivity contribution in [2.45, 2.75) is 19.3 Å². The number of hydrogen-bond acceptors (Lipinski definition) is 3. The molecule has 0 radical (unpaired) electrons. The lowest BCUT2D eigenvalue weighted by atomic mass is 9.98. The molecular formula is C17H18N2S. The Labute approximate surface area is 123 Å². The van der Waals surface area contributed by atoms with Gasteiger partial charge in [0.25, 0.3) is 0 Å². The van der Waals surface area contributed by atoms with Crippen LogP contribution in [-0.4, -0.2) is 11.5 Å². The second-order valence-corrected chi connectivity index (χ2v) is 5.95. The van der Waals surface area contributed by atoms with Crippen molar-refractivity contribution >= 4 is 27.2 Å². The predicted octanol–water partition coefficient (Wildman–Crippen LogP) is 4.90. The maximum absolute atomic E-state index is 4.30. The fourth-order valence-electron chi connectivity index (χ4n) is 2.35. The monoisotopic (exact) mass is 282 g/mol. The van der Waals surface area contributed by atoms with Gasteiger partial charge in [-0.3, -0.25) is 0 Å². The number of aromatic nitrogens is 1. The van der Waals surface area contributed by atoms with Crippen molar-refractivity contribution in [3.8, 4) is 0 Å². The van der Waals surface area contributed by atoms with Crippen molar-refractivity contribution in [2.75, 3.05) is 11.9 Å². The normalized spacial score (nSPS) is 12.4. The first kappa shape index (κ1) is 13.1. The third-order valence-corrected chi connectivity index (χ3v) is 4.40. The maximum Gasteiger partial charge on any atom is 0.0813 e. The molecule has 1 heterocycles. The zero-order valence-electron chi connectivity index (χ0n) is 11.5. The van der Waals surface area contributed by atoms with E-state index in [4.69, 9.17) is 0 Å². The Morgan fingerprint density at radius 3 is 2.85 bits per heavy atom. The van der Waals surface area contributed by atoms with E-state index in [2.05, 4.69) is 65.8 Å². The lowest BCUT2D eigenvalue weighted by molar-refractivity contribution is 0.706. The van der Waals surface area contributed by atoms with Gasteiger partial charge in [0.05, 0.1) is 15.7 Å². The first-order chi connectivity index (χ1) is 9.83. The van der Waals surface area contributed by atoms with Crippen LogP contribution in [0.4, 0.5) is 5.69 Å². The zero-order chi connectivity index (χ0) is 13.8. The van der Waals surface area contributed by atoms with Crippen LogP contribution in [0.25, 0.3) is 10.2 Å². The second-order valence-electron chi connectivity index (χ2n) is 5.06. The van der Waals surface area contributed by atoms with Gasteiger partial charge in [-0.2, -0.15) is 0 Å². The number of nitrogens with zero attached hydrogens (tertiary/aromatic N) is 1. The Morgan fingerprint density at radius 1 is 1.15 bits per heavy atom. The molecule has 102 valence electrons. The van der Waals surface area contributed by atoms with Crippen molar-refractivity contribution in [1.82, 2.24) is 4.98 Å². The van der Waals surface area contributed by atoms with Crippen molar-refractivity contribution in [2.24, 2.45) is 0 Å². The molecule has 0 spiro atoms. The van der Waals surface area contributed by atoms with E-state index in [0.717, 1.165) is 18.5 Å². The number of rotatable bonds is 5. The number of hydrogen-bond donors (Lipinski definition) is 1. The van der Waals surface area contributed by atoms with Crippen molar-refractivity contribution < 1.29 is 0 Å². The number of benzene rings is 2. The average molecular weight is 282 g/mol. The number of nitrogens with one attached hydrogen (secondary N) is 1. The fraction of sp³-hybridized carbons (Fsp3) is 0.235. The van der Waals surface area contributed by atoms with Crippen LogP contribution in [0.2, 0.25) is 0 Å². The molecule has 1 unspecified atom stereocenters.